The zero-order chi connectivity index (χ0) is 49.3. The molecule has 0 aliphatic carbocycles. The Bertz CT molecular complexity index is 2240. The number of ketones is 2. The number of carbonyl (C=O) groups is 9. The fraction of sp³-hybridized carbons (Fsp3) is 0.457. The Balaban J connectivity index is 1.78. The maximum absolute atomic E-state index is 15.1. The molecular formula is C46H58F2N6O12. The third kappa shape index (κ3) is 16.9. The summed E-state index contributed by atoms with van der Waals surface area (Å²) < 4.78 is 31.3. The van der Waals surface area contributed by atoms with Crippen LogP contribution in [0.3, 0.4) is 0 Å². The van der Waals surface area contributed by atoms with Gasteiger partial charge < -0.3 is 46.5 Å². The number of benzene rings is 2. The first kappa shape index (κ1) is 53.5. The van der Waals surface area contributed by atoms with Gasteiger partial charge in [0.15, 0.2) is 5.78 Å². The fourth-order valence-corrected chi connectivity index (χ4v) is 7.29. The number of carboxylic acids is 2. The van der Waals surface area contributed by atoms with Gasteiger partial charge in [-0.15, -0.1) is 0 Å². The molecule has 1 heterocycles. The molecular weight excluding hydrogens is 867 g/mol. The van der Waals surface area contributed by atoms with E-state index in [1.54, 1.807) is 12.3 Å². The third-order valence-corrected chi connectivity index (χ3v) is 10.5. The van der Waals surface area contributed by atoms with Crippen LogP contribution in [0.5, 0.6) is 0 Å². The number of aromatic nitrogens is 1. The zero-order valence-corrected chi connectivity index (χ0v) is 37.3. The lowest BCUT2D eigenvalue weighted by molar-refractivity contribution is -0.143. The van der Waals surface area contributed by atoms with E-state index in [4.69, 9.17) is 10.8 Å². The molecule has 3 aromatic rings. The van der Waals surface area contributed by atoms with Crippen molar-refractivity contribution in [2.45, 2.75) is 104 Å². The average molecular weight is 925 g/mol. The molecule has 0 bridgehead atoms. The molecule has 0 unspecified atom stereocenters. The number of aliphatic hydroxyl groups is 1. The Kier molecular flexibility index (Phi) is 20.3. The average Bonchev–Trinajstić information content (AvgIpc) is 3.64. The van der Waals surface area contributed by atoms with Crippen LogP contribution in [0.4, 0.5) is 8.78 Å². The van der Waals surface area contributed by atoms with E-state index >= 15 is 4.39 Å². The van der Waals surface area contributed by atoms with Crippen molar-refractivity contribution in [1.29, 1.82) is 0 Å². The molecule has 8 N–H and O–H groups in total. The van der Waals surface area contributed by atoms with Gasteiger partial charge in [-0.25, -0.2) is 8.78 Å². The molecule has 0 aliphatic rings. The molecule has 1 aromatic heterocycles. The molecule has 358 valence electrons. The van der Waals surface area contributed by atoms with E-state index in [0.29, 0.717) is 11.3 Å². The van der Waals surface area contributed by atoms with Crippen LogP contribution in [-0.4, -0.2) is 110 Å². The Morgan fingerprint density at radius 2 is 1.48 bits per heavy atom. The third-order valence-electron chi connectivity index (χ3n) is 10.5. The van der Waals surface area contributed by atoms with Crippen LogP contribution in [0.1, 0.15) is 96.4 Å². The predicted octanol–water partition coefficient (Wildman–Crippen LogP) is 3.03. The predicted molar refractivity (Wildman–Crippen MR) is 234 cm³/mol. The molecule has 66 heavy (non-hydrogen) atoms. The van der Waals surface area contributed by atoms with E-state index in [9.17, 15) is 57.8 Å². The van der Waals surface area contributed by atoms with E-state index in [-0.39, 0.29) is 50.9 Å². The van der Waals surface area contributed by atoms with Crippen LogP contribution in [0.15, 0.2) is 60.8 Å². The molecule has 0 aliphatic heterocycles. The summed E-state index contributed by atoms with van der Waals surface area (Å²) in [6.45, 7) is 6.03. The summed E-state index contributed by atoms with van der Waals surface area (Å²) in [5, 5.41) is 35.6. The van der Waals surface area contributed by atoms with E-state index < -0.39 is 126 Å². The number of hydrogen-bond acceptors (Lipinski definition) is 10. The zero-order valence-electron chi connectivity index (χ0n) is 37.3. The first-order valence-electron chi connectivity index (χ1n) is 21.2. The minimum Gasteiger partial charge on any atom is -0.481 e. The minimum absolute atomic E-state index is 0.00520. The quantitative estimate of drug-likeness (QED) is 0.0544. The standard InChI is InChI=1S/C46H58F2N6O12/c1-27(51-39(59)15-12-32(56)13-16-41(61)62)37(57)20-29(21-42(63)64)44(65)52-35(23-38(49)58)45(66)50-17-8-18-54(40(60)26-55)43(46(2,3)4)36-19-30(33-22-31(47)11-14-34(33)48)25-53(36)24-28-9-6-5-7-10-28/h5-7,9-11,14,19,22,25,27,29,35,43,55H,8,12-13,15-18,20-21,23-24,26H2,1-4H3,(H2,49,58)(H,50,66)(H,51,59)(H,52,65)(H,61,62)(H,63,64)/t27-,29+,35-,43-/m0/s1. The van der Waals surface area contributed by atoms with E-state index in [2.05, 4.69) is 16.0 Å². The first-order valence-corrected chi connectivity index (χ1v) is 21.2. The van der Waals surface area contributed by atoms with Crippen LogP contribution >= 0.6 is 0 Å². The Morgan fingerprint density at radius 1 is 0.818 bits per heavy atom. The normalized spacial score (nSPS) is 13.1. The number of carboxylic acid groups (broad SMARTS) is 2. The van der Waals surface area contributed by atoms with E-state index in [1.807, 2.05) is 55.7 Å². The number of nitrogens with two attached hydrogens (primary N) is 1. The summed E-state index contributed by atoms with van der Waals surface area (Å²) in [6, 6.07) is 10.4. The van der Waals surface area contributed by atoms with Crippen LogP contribution in [0, 0.1) is 23.0 Å². The van der Waals surface area contributed by atoms with Gasteiger partial charge in [0.25, 0.3) is 0 Å². The lowest BCUT2D eigenvalue weighted by Crippen LogP contribution is -2.51. The van der Waals surface area contributed by atoms with Crippen molar-refractivity contribution in [2.75, 3.05) is 19.7 Å². The fourth-order valence-electron chi connectivity index (χ4n) is 7.29. The number of aliphatic hydroxyl groups excluding tert-OH is 1. The SMILES string of the molecule is C[C@H](NC(=O)CCC(=O)CCC(=O)O)C(=O)C[C@H](CC(=O)O)C(=O)N[C@@H](CC(N)=O)C(=O)NCCCN(C(=O)CO)[C@@H](c1cc(-c2cc(F)ccc2F)cn1Cc1ccccc1)C(C)(C)C. The second kappa shape index (κ2) is 25.0. The van der Waals surface area contributed by atoms with Gasteiger partial charge in [-0.1, -0.05) is 51.1 Å². The second-order valence-corrected chi connectivity index (χ2v) is 17.0. The number of nitrogens with one attached hydrogen (secondary N) is 3. The number of primary amides is 1. The van der Waals surface area contributed by atoms with Crippen molar-refractivity contribution in [3.8, 4) is 11.1 Å². The van der Waals surface area contributed by atoms with E-state index in [0.717, 1.165) is 23.8 Å². The van der Waals surface area contributed by atoms with Gasteiger partial charge in [0.1, 0.15) is 30.1 Å². The van der Waals surface area contributed by atoms with Gasteiger partial charge >= 0.3 is 11.9 Å². The summed E-state index contributed by atoms with van der Waals surface area (Å²) in [6.07, 6.45) is -1.91. The number of rotatable bonds is 27. The summed E-state index contributed by atoms with van der Waals surface area (Å²) in [5.74, 6) is -11.2. The van der Waals surface area contributed by atoms with Crippen molar-refractivity contribution < 1.29 is 67.3 Å². The van der Waals surface area contributed by atoms with E-state index in [1.165, 1.54) is 11.8 Å². The lowest BCUT2D eigenvalue weighted by atomic mass is 9.83. The summed E-state index contributed by atoms with van der Waals surface area (Å²) in [4.78, 5) is 113. The van der Waals surface area contributed by atoms with Gasteiger partial charge in [0.05, 0.1) is 37.3 Å². The van der Waals surface area contributed by atoms with Gasteiger partial charge in [0, 0.05) is 68.3 Å². The minimum atomic E-state index is -1.63. The Morgan fingerprint density at radius 3 is 2.09 bits per heavy atom. The van der Waals surface area contributed by atoms with Gasteiger partial charge in [-0.2, -0.15) is 0 Å². The van der Waals surface area contributed by atoms with Crippen molar-refractivity contribution >= 4 is 53.0 Å². The molecule has 0 fully saturated rings. The highest BCUT2D eigenvalue weighted by Crippen LogP contribution is 2.41. The number of aliphatic carboxylic acids is 2. The Labute approximate surface area is 380 Å². The highest BCUT2D eigenvalue weighted by molar-refractivity contribution is 5.96. The first-order chi connectivity index (χ1) is 31.0. The van der Waals surface area contributed by atoms with Crippen molar-refractivity contribution in [2.24, 2.45) is 17.1 Å². The van der Waals surface area contributed by atoms with Crippen LogP contribution in [-0.2, 0) is 49.7 Å². The van der Waals surface area contributed by atoms with Crippen molar-refractivity contribution in [3.63, 3.8) is 0 Å². The summed E-state index contributed by atoms with van der Waals surface area (Å²) in [5.41, 5.74) is 6.37. The van der Waals surface area contributed by atoms with Crippen LogP contribution < -0.4 is 21.7 Å². The highest BCUT2D eigenvalue weighted by Gasteiger charge is 2.37. The van der Waals surface area contributed by atoms with Crippen molar-refractivity contribution in [1.82, 2.24) is 25.4 Å². The second-order valence-electron chi connectivity index (χ2n) is 17.0. The number of hydrogen-bond donors (Lipinski definition) is 7. The number of halogens is 2. The molecule has 4 atom stereocenters. The largest absolute Gasteiger partial charge is 0.481 e. The van der Waals surface area contributed by atoms with Crippen molar-refractivity contribution in [3.05, 3.63) is 83.7 Å². The number of nitrogens with zero attached hydrogens (tertiary/aromatic N) is 2. The number of Topliss-reactive ketones (excluding diaryl/α,β-unsaturated/α-hetero) is 2. The summed E-state index contributed by atoms with van der Waals surface area (Å²) >= 11 is 0. The molecule has 0 radical (unpaired) electrons. The molecule has 2 aromatic carbocycles. The molecule has 3 rings (SSSR count). The number of amides is 5. The highest BCUT2D eigenvalue weighted by atomic mass is 19.1. The smallest absolute Gasteiger partial charge is 0.304 e. The van der Waals surface area contributed by atoms with Gasteiger partial charge in [-0.3, -0.25) is 43.2 Å². The lowest BCUT2D eigenvalue weighted by Gasteiger charge is -2.41. The topological polar surface area (TPSA) is 285 Å². The Hall–Kier alpha value is -6.83. The molecule has 0 saturated heterocycles. The van der Waals surface area contributed by atoms with Crippen LogP contribution in [0.25, 0.3) is 11.1 Å². The summed E-state index contributed by atoms with van der Waals surface area (Å²) in [7, 11) is 0. The van der Waals surface area contributed by atoms with Crippen LogP contribution in [0.2, 0.25) is 0 Å². The van der Waals surface area contributed by atoms with Gasteiger partial charge in [-0.05, 0) is 48.6 Å². The molecule has 18 nitrogen and oxygen atoms in total. The molecule has 0 spiro atoms. The molecule has 0 saturated carbocycles. The molecule has 5 amide bonds. The monoisotopic (exact) mass is 924 g/mol. The van der Waals surface area contributed by atoms with Gasteiger partial charge in [0.2, 0.25) is 29.5 Å². The molecule has 20 heteroatoms. The maximum atomic E-state index is 15.1. The maximum Gasteiger partial charge on any atom is 0.304 e. The number of carbonyl (C=O) groups excluding carboxylic acids is 7.